The van der Waals surface area contributed by atoms with Crippen molar-refractivity contribution in [1.29, 1.82) is 0 Å². The molecule has 1 aliphatic rings. The van der Waals surface area contributed by atoms with Gasteiger partial charge in [0.2, 0.25) is 11.8 Å². The molecule has 6 heteroatoms. The summed E-state index contributed by atoms with van der Waals surface area (Å²) in [6.45, 7) is 4.63. The van der Waals surface area contributed by atoms with E-state index in [-0.39, 0.29) is 23.7 Å². The Bertz CT molecular complexity index is 869. The van der Waals surface area contributed by atoms with Crippen molar-refractivity contribution in [3.8, 4) is 5.75 Å². The van der Waals surface area contributed by atoms with Gasteiger partial charge in [-0.25, -0.2) is 0 Å². The summed E-state index contributed by atoms with van der Waals surface area (Å²) in [5, 5.41) is 6.52. The molecule has 148 valence electrons. The van der Waals surface area contributed by atoms with Crippen LogP contribution < -0.4 is 15.4 Å². The summed E-state index contributed by atoms with van der Waals surface area (Å²) in [5.41, 5.74) is 2.62. The Morgan fingerprint density at radius 2 is 2.07 bits per heavy atom. The molecule has 0 radical (unpaired) electrons. The molecule has 0 saturated heterocycles. The fourth-order valence-electron chi connectivity index (χ4n) is 3.07. The van der Waals surface area contributed by atoms with E-state index in [0.29, 0.717) is 24.6 Å². The van der Waals surface area contributed by atoms with Crippen LogP contribution in [-0.4, -0.2) is 18.4 Å². The second-order valence-corrected chi connectivity index (χ2v) is 7.62. The zero-order chi connectivity index (χ0) is 20.1. The molecule has 0 aromatic heterocycles. The number of ether oxygens (including phenoxy) is 1. The van der Waals surface area contributed by atoms with E-state index >= 15 is 0 Å². The molecule has 0 aliphatic carbocycles. The molecule has 28 heavy (non-hydrogen) atoms. The van der Waals surface area contributed by atoms with E-state index < -0.39 is 0 Å². The molecular weight excluding hydrogens is 376 g/mol. The van der Waals surface area contributed by atoms with Crippen molar-refractivity contribution in [2.45, 2.75) is 33.2 Å². The summed E-state index contributed by atoms with van der Waals surface area (Å²) >= 11 is 6.04. The normalized spacial score (nSPS) is 16.5. The average molecular weight is 401 g/mol. The van der Waals surface area contributed by atoms with Crippen LogP contribution in [0.5, 0.6) is 5.75 Å². The van der Waals surface area contributed by atoms with Crippen molar-refractivity contribution in [2.75, 3.05) is 11.9 Å². The molecular formula is C22H25ClN2O3. The molecule has 2 unspecified atom stereocenters. The highest BCUT2D eigenvalue weighted by Gasteiger charge is 2.26. The van der Waals surface area contributed by atoms with Gasteiger partial charge in [0.1, 0.15) is 12.4 Å². The molecule has 2 aromatic rings. The number of carbonyl (C=O) groups is 2. The number of benzene rings is 2. The topological polar surface area (TPSA) is 67.4 Å². The number of anilines is 1. The van der Waals surface area contributed by atoms with Crippen LogP contribution >= 0.6 is 11.6 Å². The lowest BCUT2D eigenvalue weighted by molar-refractivity contribution is -0.126. The maximum Gasteiger partial charge on any atom is 0.227 e. The zero-order valence-corrected chi connectivity index (χ0v) is 16.9. The van der Waals surface area contributed by atoms with Gasteiger partial charge in [-0.15, -0.1) is 0 Å². The van der Waals surface area contributed by atoms with Crippen LogP contribution in [0.15, 0.2) is 42.5 Å². The van der Waals surface area contributed by atoms with Gasteiger partial charge in [0, 0.05) is 23.2 Å². The Labute approximate surface area is 170 Å². The van der Waals surface area contributed by atoms with Crippen molar-refractivity contribution in [3.63, 3.8) is 0 Å². The third-order valence-electron chi connectivity index (χ3n) is 5.02. The molecule has 0 saturated carbocycles. The molecule has 2 atom stereocenters. The van der Waals surface area contributed by atoms with E-state index in [1.165, 1.54) is 0 Å². The number of hydrogen-bond acceptors (Lipinski definition) is 3. The summed E-state index contributed by atoms with van der Waals surface area (Å²) in [6.07, 6.45) is 1.39. The molecule has 1 heterocycles. The Hall–Kier alpha value is -2.53. The van der Waals surface area contributed by atoms with Crippen LogP contribution in [0.3, 0.4) is 0 Å². The average Bonchev–Trinajstić information content (AvgIpc) is 2.71. The highest BCUT2D eigenvalue weighted by atomic mass is 35.5. The van der Waals surface area contributed by atoms with Gasteiger partial charge in [-0.2, -0.15) is 0 Å². The molecule has 0 bridgehead atoms. The highest BCUT2D eigenvalue weighted by molar-refractivity contribution is 6.30. The van der Waals surface area contributed by atoms with E-state index in [1.807, 2.05) is 50.2 Å². The maximum absolute atomic E-state index is 12.6. The maximum atomic E-state index is 12.6. The molecule has 0 fully saturated rings. The third-order valence-corrected chi connectivity index (χ3v) is 5.26. The van der Waals surface area contributed by atoms with Crippen LogP contribution in [0.25, 0.3) is 0 Å². The van der Waals surface area contributed by atoms with Crippen molar-refractivity contribution < 1.29 is 14.3 Å². The highest BCUT2D eigenvalue weighted by Crippen LogP contribution is 2.29. The standard InChI is InChI=1S/C22H25ClN2O3/c1-3-14(2)21(26)25-19-6-4-5-15(9-19)12-24-22(27)17-10-16-11-18(23)7-8-20(16)28-13-17/h4-9,11,14,17H,3,10,12-13H2,1-2H3,(H,24,27)(H,25,26). The quantitative estimate of drug-likeness (QED) is 0.763. The van der Waals surface area contributed by atoms with Gasteiger partial charge in [0.05, 0.1) is 5.92 Å². The lowest BCUT2D eigenvalue weighted by Crippen LogP contribution is -2.37. The summed E-state index contributed by atoms with van der Waals surface area (Å²) in [4.78, 5) is 24.6. The zero-order valence-electron chi connectivity index (χ0n) is 16.1. The van der Waals surface area contributed by atoms with Crippen molar-refractivity contribution in [2.24, 2.45) is 11.8 Å². The lowest BCUT2D eigenvalue weighted by atomic mass is 9.96. The predicted molar refractivity (Wildman–Crippen MR) is 111 cm³/mol. The van der Waals surface area contributed by atoms with Gasteiger partial charge in [0.15, 0.2) is 0 Å². The SMILES string of the molecule is CCC(C)C(=O)Nc1cccc(CNC(=O)C2COc3ccc(Cl)cc3C2)c1. The molecule has 2 amide bonds. The summed E-state index contributed by atoms with van der Waals surface area (Å²) in [5.74, 6) is 0.448. The first-order chi connectivity index (χ1) is 13.5. The molecule has 3 rings (SSSR count). The minimum atomic E-state index is -0.251. The van der Waals surface area contributed by atoms with Crippen molar-refractivity contribution in [1.82, 2.24) is 5.32 Å². The van der Waals surface area contributed by atoms with Crippen LogP contribution in [0.1, 0.15) is 31.4 Å². The second-order valence-electron chi connectivity index (χ2n) is 7.18. The Morgan fingerprint density at radius 3 is 2.86 bits per heavy atom. The first kappa shape index (κ1) is 20.2. The van der Waals surface area contributed by atoms with E-state index in [2.05, 4.69) is 10.6 Å². The van der Waals surface area contributed by atoms with E-state index in [1.54, 1.807) is 6.07 Å². The summed E-state index contributed by atoms with van der Waals surface area (Å²) < 4.78 is 5.69. The number of nitrogens with one attached hydrogen (secondary N) is 2. The van der Waals surface area contributed by atoms with Crippen molar-refractivity contribution in [3.05, 3.63) is 58.6 Å². The summed E-state index contributed by atoms with van der Waals surface area (Å²) in [7, 11) is 0. The van der Waals surface area contributed by atoms with Gasteiger partial charge in [-0.05, 0) is 54.3 Å². The summed E-state index contributed by atoms with van der Waals surface area (Å²) in [6, 6.07) is 13.0. The lowest BCUT2D eigenvalue weighted by Gasteiger charge is -2.24. The van der Waals surface area contributed by atoms with Gasteiger partial charge < -0.3 is 15.4 Å². The van der Waals surface area contributed by atoms with Crippen LogP contribution in [0, 0.1) is 11.8 Å². The van der Waals surface area contributed by atoms with Crippen LogP contribution in [0.2, 0.25) is 5.02 Å². The molecule has 1 aliphatic heterocycles. The number of carbonyl (C=O) groups excluding carboxylic acids is 2. The first-order valence-electron chi connectivity index (χ1n) is 9.55. The number of hydrogen-bond donors (Lipinski definition) is 2. The van der Waals surface area contributed by atoms with Crippen LogP contribution in [0.4, 0.5) is 5.69 Å². The molecule has 0 spiro atoms. The van der Waals surface area contributed by atoms with E-state index in [4.69, 9.17) is 16.3 Å². The van der Waals surface area contributed by atoms with E-state index in [0.717, 1.165) is 29.0 Å². The number of amides is 2. The minimum Gasteiger partial charge on any atom is -0.492 e. The molecule has 2 aromatic carbocycles. The second kappa shape index (κ2) is 9.11. The first-order valence-corrected chi connectivity index (χ1v) is 9.92. The van der Waals surface area contributed by atoms with Gasteiger partial charge in [0.25, 0.3) is 0 Å². The van der Waals surface area contributed by atoms with Crippen LogP contribution in [-0.2, 0) is 22.6 Å². The number of halogens is 1. The van der Waals surface area contributed by atoms with Gasteiger partial charge in [-0.3, -0.25) is 9.59 Å². The fraction of sp³-hybridized carbons (Fsp3) is 0.364. The molecule has 2 N–H and O–H groups in total. The minimum absolute atomic E-state index is 0.000339. The Morgan fingerprint density at radius 1 is 1.25 bits per heavy atom. The number of fused-ring (bicyclic) bond motifs is 1. The Balaban J connectivity index is 1.56. The van der Waals surface area contributed by atoms with Gasteiger partial charge in [-0.1, -0.05) is 37.6 Å². The van der Waals surface area contributed by atoms with E-state index in [9.17, 15) is 9.59 Å². The fourth-order valence-corrected chi connectivity index (χ4v) is 3.27. The Kier molecular flexibility index (Phi) is 6.57. The van der Waals surface area contributed by atoms with Gasteiger partial charge >= 0.3 is 0 Å². The third kappa shape index (κ3) is 5.04. The largest absolute Gasteiger partial charge is 0.492 e. The predicted octanol–water partition coefficient (Wildman–Crippen LogP) is 4.19. The smallest absolute Gasteiger partial charge is 0.227 e. The number of rotatable bonds is 6. The monoisotopic (exact) mass is 400 g/mol. The molecule has 5 nitrogen and oxygen atoms in total. The van der Waals surface area contributed by atoms with Crippen molar-refractivity contribution >= 4 is 29.1 Å².